The number of rotatable bonds is 7. The van der Waals surface area contributed by atoms with Gasteiger partial charge in [-0.3, -0.25) is 9.10 Å². The van der Waals surface area contributed by atoms with Gasteiger partial charge >= 0.3 is 0 Å². The maximum atomic E-state index is 13.9. The summed E-state index contributed by atoms with van der Waals surface area (Å²) in [7, 11) is -4.08. The molecule has 0 radical (unpaired) electrons. The van der Waals surface area contributed by atoms with E-state index in [0.29, 0.717) is 11.8 Å². The van der Waals surface area contributed by atoms with Crippen LogP contribution in [0, 0.1) is 11.6 Å². The van der Waals surface area contributed by atoms with Crippen LogP contribution in [0.15, 0.2) is 84.3 Å². The number of para-hydroxylation sites is 1. The molecule has 0 aromatic heterocycles. The minimum atomic E-state index is -4.08. The van der Waals surface area contributed by atoms with Gasteiger partial charge in [-0.1, -0.05) is 35.9 Å². The van der Waals surface area contributed by atoms with Gasteiger partial charge in [0.05, 0.1) is 33.4 Å². The lowest BCUT2D eigenvalue weighted by Crippen LogP contribution is -2.31. The van der Waals surface area contributed by atoms with Gasteiger partial charge in [0.1, 0.15) is 11.6 Å². The molecule has 3 rings (SSSR count). The maximum absolute atomic E-state index is 13.9. The summed E-state index contributed by atoms with van der Waals surface area (Å²) in [6, 6.07) is 14.7. The van der Waals surface area contributed by atoms with E-state index < -0.39 is 27.6 Å². The van der Waals surface area contributed by atoms with Crippen molar-refractivity contribution in [2.45, 2.75) is 4.90 Å². The molecule has 5 nitrogen and oxygen atoms in total. The van der Waals surface area contributed by atoms with Gasteiger partial charge < -0.3 is 5.32 Å². The average molecular weight is 463 g/mol. The molecule has 0 bridgehead atoms. The van der Waals surface area contributed by atoms with Crippen LogP contribution in [0.4, 0.5) is 20.2 Å². The molecule has 31 heavy (non-hydrogen) atoms. The number of amides is 1. The number of hydrogen-bond acceptors (Lipinski definition) is 3. The summed E-state index contributed by atoms with van der Waals surface area (Å²) in [6.45, 7) is 3.60. The molecule has 0 heterocycles. The highest BCUT2D eigenvalue weighted by molar-refractivity contribution is 7.92. The van der Waals surface area contributed by atoms with Gasteiger partial charge in [-0.05, 0) is 42.5 Å². The van der Waals surface area contributed by atoms with Crippen LogP contribution < -0.4 is 9.62 Å². The smallest absolute Gasteiger partial charge is 0.264 e. The Kier molecular flexibility index (Phi) is 6.72. The first-order valence-corrected chi connectivity index (χ1v) is 10.8. The number of anilines is 2. The van der Waals surface area contributed by atoms with Gasteiger partial charge in [-0.15, -0.1) is 6.58 Å². The van der Waals surface area contributed by atoms with Gasteiger partial charge in [-0.2, -0.15) is 0 Å². The van der Waals surface area contributed by atoms with E-state index in [-0.39, 0.29) is 27.7 Å². The Morgan fingerprint density at radius 2 is 1.77 bits per heavy atom. The van der Waals surface area contributed by atoms with Gasteiger partial charge in [0.2, 0.25) is 0 Å². The molecule has 0 unspecified atom stereocenters. The fraction of sp³-hybridized carbons (Fsp3) is 0.0455. The molecule has 0 spiro atoms. The Morgan fingerprint density at radius 3 is 2.42 bits per heavy atom. The van der Waals surface area contributed by atoms with Crippen LogP contribution in [-0.4, -0.2) is 20.9 Å². The number of nitrogens with zero attached hydrogens (tertiary/aromatic N) is 1. The Balaban J connectivity index is 1.98. The zero-order valence-corrected chi connectivity index (χ0v) is 17.6. The van der Waals surface area contributed by atoms with Crippen LogP contribution in [0.5, 0.6) is 0 Å². The minimum Gasteiger partial charge on any atom is -0.319 e. The Morgan fingerprint density at radius 1 is 1.06 bits per heavy atom. The minimum absolute atomic E-state index is 0.00268. The Hall–Kier alpha value is -3.23. The molecule has 0 aliphatic heterocycles. The molecule has 0 atom stereocenters. The quantitative estimate of drug-likeness (QED) is 0.487. The summed E-state index contributed by atoms with van der Waals surface area (Å²) in [4.78, 5) is 12.4. The fourth-order valence-corrected chi connectivity index (χ4v) is 4.47. The normalized spacial score (nSPS) is 11.1. The fourth-order valence-electron chi connectivity index (χ4n) is 2.80. The van der Waals surface area contributed by atoms with Crippen LogP contribution in [-0.2, 0) is 10.0 Å². The number of nitrogens with one attached hydrogen (secondary N) is 1. The second-order valence-corrected chi connectivity index (χ2v) is 8.65. The van der Waals surface area contributed by atoms with Gasteiger partial charge in [0.25, 0.3) is 15.9 Å². The first-order valence-electron chi connectivity index (χ1n) is 8.98. The summed E-state index contributed by atoms with van der Waals surface area (Å²) in [5.41, 5.74) is -0.0388. The monoisotopic (exact) mass is 462 g/mol. The van der Waals surface area contributed by atoms with Crippen molar-refractivity contribution in [3.05, 3.63) is 102 Å². The molecule has 0 saturated carbocycles. The highest BCUT2D eigenvalue weighted by atomic mass is 35.5. The van der Waals surface area contributed by atoms with Crippen LogP contribution in [0.2, 0.25) is 5.02 Å². The molecule has 1 N–H and O–H groups in total. The van der Waals surface area contributed by atoms with E-state index in [1.165, 1.54) is 18.2 Å². The van der Waals surface area contributed by atoms with E-state index in [9.17, 15) is 22.0 Å². The van der Waals surface area contributed by atoms with Crippen molar-refractivity contribution in [3.8, 4) is 0 Å². The SMILES string of the molecule is C=CCN(c1ccccc1)S(=O)(=O)c1ccc(Cl)c(C(=O)Nc2ccc(F)cc2F)c1. The molecular weight excluding hydrogens is 446 g/mol. The molecule has 0 aliphatic rings. The molecule has 9 heteroatoms. The van der Waals surface area contributed by atoms with Crippen molar-refractivity contribution in [1.82, 2.24) is 0 Å². The summed E-state index contributed by atoms with van der Waals surface area (Å²) in [5, 5.41) is 2.24. The van der Waals surface area contributed by atoms with Crippen LogP contribution in [0.25, 0.3) is 0 Å². The molecule has 0 saturated heterocycles. The molecule has 0 fully saturated rings. The van der Waals surface area contributed by atoms with Crippen LogP contribution in [0.3, 0.4) is 0 Å². The first kappa shape index (κ1) is 22.5. The van der Waals surface area contributed by atoms with Crippen molar-refractivity contribution in [1.29, 1.82) is 0 Å². The third-order valence-corrected chi connectivity index (χ3v) is 6.41. The molecule has 160 valence electrons. The number of carbonyl (C=O) groups excluding carboxylic acids is 1. The van der Waals surface area contributed by atoms with E-state index in [4.69, 9.17) is 11.6 Å². The lowest BCUT2D eigenvalue weighted by molar-refractivity contribution is 0.102. The number of sulfonamides is 1. The average Bonchev–Trinajstić information content (AvgIpc) is 2.74. The molecule has 3 aromatic carbocycles. The summed E-state index contributed by atoms with van der Waals surface area (Å²) in [6.07, 6.45) is 1.44. The number of benzene rings is 3. The zero-order valence-electron chi connectivity index (χ0n) is 16.1. The zero-order chi connectivity index (χ0) is 22.6. The van der Waals surface area contributed by atoms with Crippen molar-refractivity contribution >= 4 is 38.9 Å². The lowest BCUT2D eigenvalue weighted by Gasteiger charge is -2.23. The highest BCUT2D eigenvalue weighted by Crippen LogP contribution is 2.27. The Labute approximate surface area is 183 Å². The summed E-state index contributed by atoms with van der Waals surface area (Å²) < 4.78 is 54.6. The predicted molar refractivity (Wildman–Crippen MR) is 117 cm³/mol. The molecule has 1 amide bonds. The first-order chi connectivity index (χ1) is 14.7. The summed E-state index contributed by atoms with van der Waals surface area (Å²) >= 11 is 6.09. The third-order valence-electron chi connectivity index (χ3n) is 4.29. The molecule has 0 aliphatic carbocycles. The second-order valence-electron chi connectivity index (χ2n) is 6.38. The summed E-state index contributed by atoms with van der Waals surface area (Å²) in [5.74, 6) is -2.62. The largest absolute Gasteiger partial charge is 0.319 e. The van der Waals surface area contributed by atoms with Crippen LogP contribution >= 0.6 is 11.6 Å². The van der Waals surface area contributed by atoms with Crippen molar-refractivity contribution in [2.24, 2.45) is 0 Å². The highest BCUT2D eigenvalue weighted by Gasteiger charge is 2.26. The van der Waals surface area contributed by atoms with E-state index in [1.807, 2.05) is 0 Å². The standard InChI is InChI=1S/C22H17ClF2N2O3S/c1-2-12-27(16-6-4-3-5-7-16)31(29,30)17-9-10-19(23)18(14-17)22(28)26-21-11-8-15(24)13-20(21)25/h2-11,13-14H,1,12H2,(H,26,28). The second kappa shape index (κ2) is 9.28. The van der Waals surface area contributed by atoms with E-state index in [0.717, 1.165) is 22.5 Å². The third kappa shape index (κ3) is 4.92. The van der Waals surface area contributed by atoms with Crippen LogP contribution in [0.1, 0.15) is 10.4 Å². The topological polar surface area (TPSA) is 66.5 Å². The number of hydrogen-bond donors (Lipinski definition) is 1. The van der Waals surface area contributed by atoms with Crippen molar-refractivity contribution in [3.63, 3.8) is 0 Å². The van der Waals surface area contributed by atoms with Gasteiger partial charge in [0.15, 0.2) is 0 Å². The Bertz CT molecular complexity index is 1230. The predicted octanol–water partition coefficient (Wildman–Crippen LogP) is 5.25. The van der Waals surface area contributed by atoms with E-state index in [2.05, 4.69) is 11.9 Å². The lowest BCUT2D eigenvalue weighted by atomic mass is 10.2. The maximum Gasteiger partial charge on any atom is 0.264 e. The van der Waals surface area contributed by atoms with Gasteiger partial charge in [0, 0.05) is 6.07 Å². The number of halogens is 3. The molecular formula is C22H17ClF2N2O3S. The van der Waals surface area contributed by atoms with E-state index in [1.54, 1.807) is 30.3 Å². The van der Waals surface area contributed by atoms with Crippen molar-refractivity contribution < 1.29 is 22.0 Å². The molecule has 3 aromatic rings. The van der Waals surface area contributed by atoms with E-state index >= 15 is 0 Å². The van der Waals surface area contributed by atoms with Gasteiger partial charge in [-0.25, -0.2) is 17.2 Å². The number of carbonyl (C=O) groups is 1. The van der Waals surface area contributed by atoms with Crippen molar-refractivity contribution in [2.75, 3.05) is 16.2 Å².